The van der Waals surface area contributed by atoms with Crippen molar-refractivity contribution in [3.05, 3.63) is 40.0 Å². The number of carbonyl (C=O) groups excluding carboxylic acids is 1. The van der Waals surface area contributed by atoms with Crippen molar-refractivity contribution >= 4 is 40.1 Å². The molecule has 0 aliphatic rings. The van der Waals surface area contributed by atoms with Crippen molar-refractivity contribution < 1.29 is 9.53 Å². The molecule has 0 aliphatic heterocycles. The minimum atomic E-state index is -0.488. The van der Waals surface area contributed by atoms with Crippen LogP contribution in [0.5, 0.6) is 0 Å². The molecule has 2 rings (SSSR count). The first-order valence-corrected chi connectivity index (χ1v) is 5.80. The molecule has 0 aliphatic carbocycles. The van der Waals surface area contributed by atoms with E-state index in [9.17, 15) is 4.79 Å². The fraction of sp³-hybridized carbons (Fsp3) is 0.167. The topological polar surface area (TPSA) is 39.2 Å². The molecule has 1 aromatic heterocycles. The Morgan fingerprint density at radius 2 is 2.06 bits per heavy atom. The summed E-state index contributed by atoms with van der Waals surface area (Å²) < 4.78 is 4.96. The average molecular weight is 270 g/mol. The molecule has 2 aromatic rings. The highest BCUT2D eigenvalue weighted by atomic mass is 35.5. The van der Waals surface area contributed by atoms with E-state index in [0.717, 1.165) is 0 Å². The summed E-state index contributed by atoms with van der Waals surface area (Å²) in [6, 6.07) is 4.94. The minimum absolute atomic E-state index is 0.268. The maximum Gasteiger partial charge on any atom is 0.340 e. The summed E-state index contributed by atoms with van der Waals surface area (Å²) >= 11 is 12.1. The van der Waals surface area contributed by atoms with Crippen LogP contribution in [0.4, 0.5) is 0 Å². The summed E-state index contributed by atoms with van der Waals surface area (Å²) in [5.74, 6) is -0.488. The molecule has 88 valence electrons. The van der Waals surface area contributed by atoms with Crippen LogP contribution >= 0.6 is 23.2 Å². The molecule has 17 heavy (non-hydrogen) atoms. The molecule has 1 heterocycles. The van der Waals surface area contributed by atoms with Crippen LogP contribution in [0.25, 0.3) is 10.9 Å². The van der Waals surface area contributed by atoms with E-state index in [4.69, 9.17) is 27.9 Å². The standard InChI is InChI=1S/C12H9Cl2NO2/c1-2-17-12(16)11-7(13)3-4-9-10(11)8(14)5-6-15-9/h3-6H,2H2,1H3. The van der Waals surface area contributed by atoms with Crippen LogP contribution in [-0.4, -0.2) is 17.6 Å². The second kappa shape index (κ2) is 4.90. The van der Waals surface area contributed by atoms with Crippen molar-refractivity contribution in [3.8, 4) is 0 Å². The van der Waals surface area contributed by atoms with E-state index >= 15 is 0 Å². The lowest BCUT2D eigenvalue weighted by atomic mass is 10.1. The van der Waals surface area contributed by atoms with E-state index in [1.54, 1.807) is 31.3 Å². The summed E-state index contributed by atoms with van der Waals surface area (Å²) in [6.07, 6.45) is 1.58. The van der Waals surface area contributed by atoms with Crippen molar-refractivity contribution in [2.24, 2.45) is 0 Å². The maximum absolute atomic E-state index is 11.8. The molecule has 1 aromatic carbocycles. The summed E-state index contributed by atoms with van der Waals surface area (Å²) in [5.41, 5.74) is 0.883. The molecule has 0 spiro atoms. The zero-order chi connectivity index (χ0) is 12.4. The Kier molecular flexibility index (Phi) is 3.50. The third kappa shape index (κ3) is 2.21. The highest BCUT2D eigenvalue weighted by molar-refractivity contribution is 6.40. The number of nitrogens with zero attached hydrogens (tertiary/aromatic N) is 1. The molecule has 0 N–H and O–H groups in total. The second-order valence-electron chi connectivity index (χ2n) is 3.33. The fourth-order valence-electron chi connectivity index (χ4n) is 1.58. The van der Waals surface area contributed by atoms with E-state index in [1.807, 2.05) is 0 Å². The highest BCUT2D eigenvalue weighted by Crippen LogP contribution is 2.30. The van der Waals surface area contributed by atoms with Crippen LogP contribution in [0.3, 0.4) is 0 Å². The van der Waals surface area contributed by atoms with Gasteiger partial charge >= 0.3 is 5.97 Å². The van der Waals surface area contributed by atoms with Crippen LogP contribution in [-0.2, 0) is 4.74 Å². The first-order valence-electron chi connectivity index (χ1n) is 5.05. The van der Waals surface area contributed by atoms with Crippen molar-refractivity contribution in [1.82, 2.24) is 4.98 Å². The number of rotatable bonds is 2. The van der Waals surface area contributed by atoms with Crippen LogP contribution in [0.2, 0.25) is 10.0 Å². The summed E-state index contributed by atoms with van der Waals surface area (Å²) in [6.45, 7) is 2.01. The predicted molar refractivity (Wildman–Crippen MR) is 67.7 cm³/mol. The SMILES string of the molecule is CCOC(=O)c1c(Cl)ccc2nccc(Cl)c12. The molecule has 3 nitrogen and oxygen atoms in total. The van der Waals surface area contributed by atoms with Gasteiger partial charge in [-0.3, -0.25) is 4.98 Å². The zero-order valence-corrected chi connectivity index (χ0v) is 10.5. The number of hydrogen-bond acceptors (Lipinski definition) is 3. The summed E-state index contributed by atoms with van der Waals surface area (Å²) in [5, 5.41) is 1.27. The molecule has 5 heteroatoms. The normalized spacial score (nSPS) is 10.5. The molecule has 0 fully saturated rings. The Bertz CT molecular complexity index is 584. The number of aromatic nitrogens is 1. The van der Waals surface area contributed by atoms with Crippen molar-refractivity contribution in [1.29, 1.82) is 0 Å². The number of pyridine rings is 1. The van der Waals surface area contributed by atoms with E-state index in [1.165, 1.54) is 0 Å². The largest absolute Gasteiger partial charge is 0.462 e. The highest BCUT2D eigenvalue weighted by Gasteiger charge is 2.18. The number of benzene rings is 1. The Labute approximate surface area is 108 Å². The van der Waals surface area contributed by atoms with Gasteiger partial charge in [-0.1, -0.05) is 23.2 Å². The first kappa shape index (κ1) is 12.1. The lowest BCUT2D eigenvalue weighted by Gasteiger charge is -2.08. The van der Waals surface area contributed by atoms with Gasteiger partial charge in [0, 0.05) is 11.6 Å². The van der Waals surface area contributed by atoms with Crippen LogP contribution in [0, 0.1) is 0 Å². The quantitative estimate of drug-likeness (QED) is 0.781. The molecule has 0 amide bonds. The van der Waals surface area contributed by atoms with Gasteiger partial charge in [-0.25, -0.2) is 4.79 Å². The number of carbonyl (C=O) groups is 1. The third-order valence-corrected chi connectivity index (χ3v) is 2.92. The molecule has 0 radical (unpaired) electrons. The fourth-order valence-corrected chi connectivity index (χ4v) is 2.07. The van der Waals surface area contributed by atoms with Crippen molar-refractivity contribution in [2.75, 3.05) is 6.61 Å². The molecule has 0 atom stereocenters. The Morgan fingerprint density at radius 1 is 1.29 bits per heavy atom. The van der Waals surface area contributed by atoms with Gasteiger partial charge in [0.1, 0.15) is 0 Å². The van der Waals surface area contributed by atoms with E-state index in [-0.39, 0.29) is 12.2 Å². The van der Waals surface area contributed by atoms with E-state index in [0.29, 0.717) is 20.9 Å². The summed E-state index contributed by atoms with van der Waals surface area (Å²) in [7, 11) is 0. The van der Waals surface area contributed by atoms with Crippen LogP contribution in [0.15, 0.2) is 24.4 Å². The van der Waals surface area contributed by atoms with Gasteiger partial charge in [0.25, 0.3) is 0 Å². The van der Waals surface area contributed by atoms with Gasteiger partial charge in [0.05, 0.1) is 27.7 Å². The molecule has 0 bridgehead atoms. The molecular formula is C12H9Cl2NO2. The van der Waals surface area contributed by atoms with Crippen LogP contribution in [0.1, 0.15) is 17.3 Å². The molecule has 0 saturated heterocycles. The Morgan fingerprint density at radius 3 is 2.76 bits per heavy atom. The lowest BCUT2D eigenvalue weighted by Crippen LogP contribution is -2.06. The number of halogens is 2. The van der Waals surface area contributed by atoms with Crippen molar-refractivity contribution in [2.45, 2.75) is 6.92 Å². The smallest absolute Gasteiger partial charge is 0.340 e. The minimum Gasteiger partial charge on any atom is -0.462 e. The van der Waals surface area contributed by atoms with Gasteiger partial charge in [-0.2, -0.15) is 0 Å². The van der Waals surface area contributed by atoms with Crippen molar-refractivity contribution in [3.63, 3.8) is 0 Å². The monoisotopic (exact) mass is 269 g/mol. The molecule has 0 saturated carbocycles. The van der Waals surface area contributed by atoms with E-state index < -0.39 is 5.97 Å². The number of ether oxygens (including phenoxy) is 1. The Hall–Kier alpha value is -1.32. The van der Waals surface area contributed by atoms with Crippen LogP contribution < -0.4 is 0 Å². The van der Waals surface area contributed by atoms with Gasteiger partial charge in [-0.05, 0) is 25.1 Å². The number of hydrogen-bond donors (Lipinski definition) is 0. The third-order valence-electron chi connectivity index (χ3n) is 2.29. The zero-order valence-electron chi connectivity index (χ0n) is 9.04. The van der Waals surface area contributed by atoms with Gasteiger partial charge in [-0.15, -0.1) is 0 Å². The maximum atomic E-state index is 11.8. The predicted octanol–water partition coefficient (Wildman–Crippen LogP) is 3.72. The Balaban J connectivity index is 2.75. The average Bonchev–Trinajstić information content (AvgIpc) is 2.30. The van der Waals surface area contributed by atoms with Gasteiger partial charge in [0.15, 0.2) is 0 Å². The summed E-state index contributed by atoms with van der Waals surface area (Å²) in [4.78, 5) is 16.0. The van der Waals surface area contributed by atoms with Gasteiger partial charge in [0.2, 0.25) is 0 Å². The number of esters is 1. The first-order chi connectivity index (χ1) is 8.15. The van der Waals surface area contributed by atoms with Gasteiger partial charge < -0.3 is 4.74 Å². The molecule has 0 unspecified atom stereocenters. The van der Waals surface area contributed by atoms with E-state index in [2.05, 4.69) is 4.98 Å². The number of fused-ring (bicyclic) bond motifs is 1. The lowest BCUT2D eigenvalue weighted by molar-refractivity contribution is 0.0529. The second-order valence-corrected chi connectivity index (χ2v) is 4.14. The molecular weight excluding hydrogens is 261 g/mol.